The highest BCUT2D eigenvalue weighted by Gasteiger charge is 2.34. The van der Waals surface area contributed by atoms with Gasteiger partial charge in [0.2, 0.25) is 0 Å². The van der Waals surface area contributed by atoms with Crippen molar-refractivity contribution in [3.05, 3.63) is 0 Å². The molecule has 1 unspecified atom stereocenters. The van der Waals surface area contributed by atoms with Gasteiger partial charge in [-0.2, -0.15) is 0 Å². The van der Waals surface area contributed by atoms with Gasteiger partial charge in [-0.05, 0) is 39.8 Å². The lowest BCUT2D eigenvalue weighted by atomic mass is 10.0. The Labute approximate surface area is 121 Å². The number of hydrogen-bond donors (Lipinski definition) is 1. The molecule has 0 aromatic heterocycles. The molecule has 2 amide bonds. The van der Waals surface area contributed by atoms with Crippen molar-refractivity contribution in [3.63, 3.8) is 0 Å². The number of carboxylic acids is 1. The van der Waals surface area contributed by atoms with Crippen molar-refractivity contribution in [1.29, 1.82) is 0 Å². The second-order valence-electron chi connectivity index (χ2n) is 5.62. The van der Waals surface area contributed by atoms with Gasteiger partial charge in [-0.15, -0.1) is 0 Å². The van der Waals surface area contributed by atoms with Crippen LogP contribution in [0, 0.1) is 0 Å². The van der Waals surface area contributed by atoms with E-state index >= 15 is 0 Å². The van der Waals surface area contributed by atoms with Crippen molar-refractivity contribution in [3.8, 4) is 0 Å². The van der Waals surface area contributed by atoms with E-state index in [1.54, 1.807) is 4.90 Å². The van der Waals surface area contributed by atoms with Crippen LogP contribution in [0.5, 0.6) is 0 Å². The Bertz CT molecular complexity index is 334. The molecule has 6 nitrogen and oxygen atoms in total. The van der Waals surface area contributed by atoms with E-state index in [-0.39, 0.29) is 6.03 Å². The van der Waals surface area contributed by atoms with Crippen molar-refractivity contribution in [2.45, 2.75) is 38.6 Å². The van der Waals surface area contributed by atoms with Crippen molar-refractivity contribution in [2.24, 2.45) is 0 Å². The molecule has 0 aromatic carbocycles. The van der Waals surface area contributed by atoms with Gasteiger partial charge in [0.1, 0.15) is 6.04 Å². The zero-order chi connectivity index (χ0) is 15.1. The summed E-state index contributed by atoms with van der Waals surface area (Å²) in [7, 11) is 3.94. The summed E-state index contributed by atoms with van der Waals surface area (Å²) in [5.74, 6) is -0.887. The van der Waals surface area contributed by atoms with Gasteiger partial charge < -0.3 is 19.8 Å². The molecule has 1 fully saturated rings. The zero-order valence-electron chi connectivity index (χ0n) is 12.8. The third-order valence-corrected chi connectivity index (χ3v) is 3.61. The fourth-order valence-electron chi connectivity index (χ4n) is 2.49. The number of aliphatic carboxylic acids is 1. The van der Waals surface area contributed by atoms with Gasteiger partial charge in [0.05, 0.1) is 0 Å². The number of carbonyl (C=O) groups is 2. The molecule has 1 rings (SSSR count). The van der Waals surface area contributed by atoms with Gasteiger partial charge in [0, 0.05) is 26.2 Å². The van der Waals surface area contributed by atoms with Crippen LogP contribution in [-0.4, -0.2) is 78.1 Å². The summed E-state index contributed by atoms with van der Waals surface area (Å²) in [5, 5.41) is 9.27. The number of carboxylic acid groups (broad SMARTS) is 1. The number of likely N-dealkylation sites (tertiary alicyclic amines) is 1. The predicted octanol–water partition coefficient (Wildman–Crippen LogP) is 1.32. The van der Waals surface area contributed by atoms with E-state index < -0.39 is 12.0 Å². The minimum atomic E-state index is -0.887. The minimum absolute atomic E-state index is 0.124. The summed E-state index contributed by atoms with van der Waals surface area (Å²) < 4.78 is 0. The molecule has 0 bridgehead atoms. The average Bonchev–Trinajstić information content (AvgIpc) is 2.42. The minimum Gasteiger partial charge on any atom is -0.480 e. The number of rotatable bonds is 6. The van der Waals surface area contributed by atoms with Crippen LogP contribution in [0.4, 0.5) is 4.79 Å². The molecule has 1 saturated heterocycles. The van der Waals surface area contributed by atoms with Gasteiger partial charge in [0.15, 0.2) is 0 Å². The summed E-state index contributed by atoms with van der Waals surface area (Å²) in [6, 6.07) is -0.782. The molecule has 1 atom stereocenters. The van der Waals surface area contributed by atoms with E-state index in [0.717, 1.165) is 25.8 Å². The number of amides is 2. The van der Waals surface area contributed by atoms with Crippen molar-refractivity contribution in [2.75, 3.05) is 40.3 Å². The summed E-state index contributed by atoms with van der Waals surface area (Å²) in [6.07, 6.45) is 3.22. The van der Waals surface area contributed by atoms with Crippen LogP contribution in [0.2, 0.25) is 0 Å². The Kier molecular flexibility index (Phi) is 6.78. The maximum Gasteiger partial charge on any atom is 0.326 e. The number of carbonyl (C=O) groups excluding carboxylic acids is 1. The van der Waals surface area contributed by atoms with E-state index in [4.69, 9.17) is 0 Å². The molecule has 0 spiro atoms. The molecule has 6 heteroatoms. The highest BCUT2D eigenvalue weighted by Crippen LogP contribution is 2.19. The van der Waals surface area contributed by atoms with Crippen LogP contribution in [0.1, 0.15) is 32.6 Å². The maximum absolute atomic E-state index is 12.6. The lowest BCUT2D eigenvalue weighted by Gasteiger charge is -2.37. The standard InChI is InChI=1S/C14H27N3O3/c1-4-8-16(11-10-15(2)3)14(20)17-9-6-5-7-12(17)13(18)19/h12H,4-11H2,1-3H3,(H,18,19). The Morgan fingerprint density at radius 2 is 1.90 bits per heavy atom. The van der Waals surface area contributed by atoms with Crippen molar-refractivity contribution >= 4 is 12.0 Å². The lowest BCUT2D eigenvalue weighted by molar-refractivity contribution is -0.143. The second kappa shape index (κ2) is 8.09. The first-order valence-electron chi connectivity index (χ1n) is 7.40. The summed E-state index contributed by atoms with van der Waals surface area (Å²) in [4.78, 5) is 29.2. The largest absolute Gasteiger partial charge is 0.480 e. The molecule has 1 aliphatic rings. The Hall–Kier alpha value is -1.30. The molecule has 0 saturated carbocycles. The molecule has 116 valence electrons. The fourth-order valence-corrected chi connectivity index (χ4v) is 2.49. The van der Waals surface area contributed by atoms with Gasteiger partial charge >= 0.3 is 12.0 Å². The summed E-state index contributed by atoms with van der Waals surface area (Å²) in [5.41, 5.74) is 0. The molecule has 20 heavy (non-hydrogen) atoms. The number of likely N-dealkylation sites (N-methyl/N-ethyl adjacent to an activating group) is 1. The smallest absolute Gasteiger partial charge is 0.326 e. The molecular weight excluding hydrogens is 258 g/mol. The molecule has 0 radical (unpaired) electrons. The van der Waals surface area contributed by atoms with Crippen LogP contribution in [-0.2, 0) is 4.79 Å². The van der Waals surface area contributed by atoms with Gasteiger partial charge in [-0.25, -0.2) is 9.59 Å². The zero-order valence-corrected chi connectivity index (χ0v) is 12.8. The Morgan fingerprint density at radius 1 is 1.20 bits per heavy atom. The monoisotopic (exact) mass is 285 g/mol. The third kappa shape index (κ3) is 4.67. The van der Waals surface area contributed by atoms with E-state index in [0.29, 0.717) is 26.1 Å². The molecule has 1 N–H and O–H groups in total. The number of urea groups is 1. The van der Waals surface area contributed by atoms with Gasteiger partial charge in [-0.1, -0.05) is 6.92 Å². The van der Waals surface area contributed by atoms with Crippen molar-refractivity contribution < 1.29 is 14.7 Å². The Balaban J connectivity index is 2.72. The summed E-state index contributed by atoms with van der Waals surface area (Å²) in [6.45, 7) is 4.69. The van der Waals surface area contributed by atoms with Crippen LogP contribution < -0.4 is 0 Å². The number of nitrogens with zero attached hydrogens (tertiary/aromatic N) is 3. The third-order valence-electron chi connectivity index (χ3n) is 3.61. The van der Waals surface area contributed by atoms with Crippen LogP contribution >= 0.6 is 0 Å². The summed E-state index contributed by atoms with van der Waals surface area (Å²) >= 11 is 0. The second-order valence-corrected chi connectivity index (χ2v) is 5.62. The molecule has 0 aromatic rings. The van der Waals surface area contributed by atoms with Gasteiger partial charge in [0.25, 0.3) is 0 Å². The normalized spacial score (nSPS) is 19.2. The lowest BCUT2D eigenvalue weighted by Crippen LogP contribution is -2.54. The maximum atomic E-state index is 12.6. The van der Waals surface area contributed by atoms with E-state index in [1.165, 1.54) is 4.90 Å². The Morgan fingerprint density at radius 3 is 2.45 bits per heavy atom. The van der Waals surface area contributed by atoms with E-state index in [1.807, 2.05) is 25.9 Å². The molecule has 1 heterocycles. The SMILES string of the molecule is CCCN(CCN(C)C)C(=O)N1CCCCC1C(=O)O. The topological polar surface area (TPSA) is 64.1 Å². The highest BCUT2D eigenvalue weighted by atomic mass is 16.4. The first-order valence-corrected chi connectivity index (χ1v) is 7.40. The number of piperidine rings is 1. The van der Waals surface area contributed by atoms with Crippen LogP contribution in [0.25, 0.3) is 0 Å². The number of hydrogen-bond acceptors (Lipinski definition) is 3. The molecule has 1 aliphatic heterocycles. The van der Waals surface area contributed by atoms with E-state index in [9.17, 15) is 14.7 Å². The van der Waals surface area contributed by atoms with Gasteiger partial charge in [-0.3, -0.25) is 0 Å². The first kappa shape index (κ1) is 16.8. The highest BCUT2D eigenvalue weighted by molar-refractivity contribution is 5.83. The average molecular weight is 285 g/mol. The molecular formula is C14H27N3O3. The first-order chi connectivity index (χ1) is 9.47. The van der Waals surface area contributed by atoms with E-state index in [2.05, 4.69) is 0 Å². The predicted molar refractivity (Wildman–Crippen MR) is 77.8 cm³/mol. The van der Waals surface area contributed by atoms with Crippen LogP contribution in [0.15, 0.2) is 0 Å². The van der Waals surface area contributed by atoms with Crippen molar-refractivity contribution in [1.82, 2.24) is 14.7 Å². The molecule has 0 aliphatic carbocycles. The quantitative estimate of drug-likeness (QED) is 0.799. The fraction of sp³-hybridized carbons (Fsp3) is 0.857. The van der Waals surface area contributed by atoms with Crippen LogP contribution in [0.3, 0.4) is 0 Å².